The summed E-state index contributed by atoms with van der Waals surface area (Å²) in [5, 5.41) is 9.57. The molecule has 0 spiro atoms. The van der Waals surface area contributed by atoms with E-state index < -0.39 is 0 Å². The molecular weight excluding hydrogens is 126 g/mol. The van der Waals surface area contributed by atoms with Gasteiger partial charge in [-0.15, -0.1) is 0 Å². The van der Waals surface area contributed by atoms with Crippen molar-refractivity contribution in [2.24, 2.45) is 17.1 Å². The van der Waals surface area contributed by atoms with Crippen LogP contribution < -0.4 is 5.73 Å². The van der Waals surface area contributed by atoms with Crippen LogP contribution >= 0.6 is 0 Å². The lowest BCUT2D eigenvalue weighted by Crippen LogP contribution is -2.39. The minimum atomic E-state index is -0.294. The molecule has 0 aromatic rings. The van der Waals surface area contributed by atoms with Crippen molar-refractivity contribution in [3.05, 3.63) is 0 Å². The zero-order valence-corrected chi connectivity index (χ0v) is 7.39. The van der Waals surface area contributed by atoms with Gasteiger partial charge in [0.15, 0.2) is 0 Å². The molecule has 0 saturated carbocycles. The molecule has 0 unspecified atom stereocenters. The maximum absolute atomic E-state index is 9.57. The summed E-state index contributed by atoms with van der Waals surface area (Å²) in [6.07, 6.45) is -0.294. The van der Waals surface area contributed by atoms with E-state index in [0.29, 0.717) is 12.5 Å². The summed E-state index contributed by atoms with van der Waals surface area (Å²) in [4.78, 5) is 0. The molecule has 3 N–H and O–H groups in total. The number of aliphatic hydroxyl groups is 1. The normalized spacial score (nSPS) is 15.9. The lowest BCUT2D eigenvalue weighted by Gasteiger charge is -2.31. The molecule has 1 atom stereocenters. The molecule has 0 radical (unpaired) electrons. The maximum Gasteiger partial charge on any atom is 0.0626 e. The predicted molar refractivity (Wildman–Crippen MR) is 43.7 cm³/mol. The number of rotatable bonds is 3. The standard InChI is InChI=1S/C8H19NO/c1-6(2)7(10)8(3,4)5-9/h6-7,10H,5,9H2,1-4H3/t7-/m1/s1. The van der Waals surface area contributed by atoms with Crippen LogP contribution in [0, 0.1) is 11.3 Å². The van der Waals surface area contributed by atoms with E-state index in [-0.39, 0.29) is 11.5 Å². The van der Waals surface area contributed by atoms with Gasteiger partial charge in [0.25, 0.3) is 0 Å². The second-order valence-corrected chi connectivity index (χ2v) is 3.88. The van der Waals surface area contributed by atoms with Crippen LogP contribution in [-0.4, -0.2) is 17.8 Å². The minimum Gasteiger partial charge on any atom is -0.392 e. The summed E-state index contributed by atoms with van der Waals surface area (Å²) in [5.41, 5.74) is 5.34. The van der Waals surface area contributed by atoms with Gasteiger partial charge in [0.1, 0.15) is 0 Å². The van der Waals surface area contributed by atoms with Crippen molar-refractivity contribution in [1.29, 1.82) is 0 Å². The molecule has 0 aliphatic rings. The van der Waals surface area contributed by atoms with Gasteiger partial charge in [-0.2, -0.15) is 0 Å². The van der Waals surface area contributed by atoms with Crippen LogP contribution in [0.4, 0.5) is 0 Å². The Morgan fingerprint density at radius 3 is 1.90 bits per heavy atom. The van der Waals surface area contributed by atoms with Gasteiger partial charge in [-0.1, -0.05) is 27.7 Å². The molecule has 0 bridgehead atoms. The van der Waals surface area contributed by atoms with E-state index >= 15 is 0 Å². The molecule has 0 amide bonds. The van der Waals surface area contributed by atoms with Gasteiger partial charge in [-0.25, -0.2) is 0 Å². The van der Waals surface area contributed by atoms with Crippen LogP contribution in [0.5, 0.6) is 0 Å². The summed E-state index contributed by atoms with van der Waals surface area (Å²) < 4.78 is 0. The Labute approximate surface area is 63.4 Å². The summed E-state index contributed by atoms with van der Waals surface area (Å²) in [7, 11) is 0. The predicted octanol–water partition coefficient (Wildman–Crippen LogP) is 0.988. The van der Waals surface area contributed by atoms with Gasteiger partial charge < -0.3 is 10.8 Å². The molecule has 0 aliphatic carbocycles. The van der Waals surface area contributed by atoms with Crippen LogP contribution in [0.15, 0.2) is 0 Å². The first-order valence-corrected chi connectivity index (χ1v) is 3.80. The molecule has 0 saturated heterocycles. The first-order chi connectivity index (χ1) is 4.41. The average Bonchev–Trinajstić information content (AvgIpc) is 1.86. The van der Waals surface area contributed by atoms with E-state index in [2.05, 4.69) is 0 Å². The van der Waals surface area contributed by atoms with Gasteiger partial charge in [0.2, 0.25) is 0 Å². The Kier molecular flexibility index (Phi) is 3.33. The maximum atomic E-state index is 9.57. The Balaban J connectivity index is 4.03. The molecule has 10 heavy (non-hydrogen) atoms. The van der Waals surface area contributed by atoms with Crippen LogP contribution in [0.25, 0.3) is 0 Å². The fraction of sp³-hybridized carbons (Fsp3) is 1.00. The molecule has 2 heteroatoms. The van der Waals surface area contributed by atoms with E-state index in [1.807, 2.05) is 27.7 Å². The Morgan fingerprint density at radius 2 is 1.80 bits per heavy atom. The number of nitrogens with two attached hydrogens (primary N) is 1. The fourth-order valence-corrected chi connectivity index (χ4v) is 1.02. The van der Waals surface area contributed by atoms with E-state index in [1.54, 1.807) is 0 Å². The number of hydrogen-bond acceptors (Lipinski definition) is 2. The molecular formula is C8H19NO. The monoisotopic (exact) mass is 145 g/mol. The van der Waals surface area contributed by atoms with Gasteiger partial charge in [0, 0.05) is 5.41 Å². The second kappa shape index (κ2) is 3.35. The van der Waals surface area contributed by atoms with Gasteiger partial charge >= 0.3 is 0 Å². The van der Waals surface area contributed by atoms with Crippen LogP contribution in [0.3, 0.4) is 0 Å². The van der Waals surface area contributed by atoms with Crippen LogP contribution in [-0.2, 0) is 0 Å². The van der Waals surface area contributed by atoms with Crippen molar-refractivity contribution < 1.29 is 5.11 Å². The molecule has 2 nitrogen and oxygen atoms in total. The third-order valence-electron chi connectivity index (χ3n) is 1.96. The van der Waals surface area contributed by atoms with Gasteiger partial charge in [0.05, 0.1) is 6.10 Å². The van der Waals surface area contributed by atoms with Gasteiger partial charge in [-0.3, -0.25) is 0 Å². The lowest BCUT2D eigenvalue weighted by atomic mass is 9.81. The molecule has 0 rings (SSSR count). The van der Waals surface area contributed by atoms with Crippen molar-refractivity contribution in [2.45, 2.75) is 33.8 Å². The van der Waals surface area contributed by atoms with Crippen LogP contribution in [0.2, 0.25) is 0 Å². The van der Waals surface area contributed by atoms with Crippen LogP contribution in [0.1, 0.15) is 27.7 Å². The van der Waals surface area contributed by atoms with Gasteiger partial charge in [-0.05, 0) is 12.5 Å². The van der Waals surface area contributed by atoms with E-state index in [9.17, 15) is 5.11 Å². The molecule has 0 fully saturated rings. The summed E-state index contributed by atoms with van der Waals surface area (Å²) in [6.45, 7) is 8.51. The smallest absolute Gasteiger partial charge is 0.0626 e. The Morgan fingerprint density at radius 1 is 1.40 bits per heavy atom. The highest BCUT2D eigenvalue weighted by molar-refractivity contribution is 4.80. The highest BCUT2D eigenvalue weighted by atomic mass is 16.3. The number of hydrogen-bond donors (Lipinski definition) is 2. The lowest BCUT2D eigenvalue weighted by molar-refractivity contribution is 0.0186. The Bertz CT molecular complexity index is 99.4. The Hall–Kier alpha value is -0.0800. The second-order valence-electron chi connectivity index (χ2n) is 3.88. The molecule has 0 aliphatic heterocycles. The zero-order valence-electron chi connectivity index (χ0n) is 7.39. The van der Waals surface area contributed by atoms with Crippen molar-refractivity contribution in [1.82, 2.24) is 0 Å². The van der Waals surface area contributed by atoms with Crippen molar-refractivity contribution >= 4 is 0 Å². The highest BCUT2D eigenvalue weighted by Crippen LogP contribution is 2.23. The average molecular weight is 145 g/mol. The summed E-state index contributed by atoms with van der Waals surface area (Å²) >= 11 is 0. The first kappa shape index (κ1) is 9.92. The van der Waals surface area contributed by atoms with Crippen molar-refractivity contribution in [3.63, 3.8) is 0 Å². The fourth-order valence-electron chi connectivity index (χ4n) is 1.02. The molecule has 0 aromatic heterocycles. The minimum absolute atomic E-state index is 0.145. The number of aliphatic hydroxyl groups excluding tert-OH is 1. The third kappa shape index (κ3) is 2.27. The zero-order chi connectivity index (χ0) is 8.36. The third-order valence-corrected chi connectivity index (χ3v) is 1.96. The van der Waals surface area contributed by atoms with Crippen molar-refractivity contribution in [2.75, 3.05) is 6.54 Å². The quantitative estimate of drug-likeness (QED) is 0.622. The van der Waals surface area contributed by atoms with E-state index in [0.717, 1.165) is 0 Å². The largest absolute Gasteiger partial charge is 0.392 e. The summed E-state index contributed by atoms with van der Waals surface area (Å²) in [6, 6.07) is 0. The van der Waals surface area contributed by atoms with Crippen molar-refractivity contribution in [3.8, 4) is 0 Å². The molecule has 62 valence electrons. The highest BCUT2D eigenvalue weighted by Gasteiger charge is 2.28. The SMILES string of the molecule is CC(C)[C@@H](O)C(C)(C)CN. The molecule has 0 aromatic carbocycles. The molecule has 0 heterocycles. The topological polar surface area (TPSA) is 46.2 Å². The summed E-state index contributed by atoms with van der Waals surface area (Å²) in [5.74, 6) is 0.290. The van der Waals surface area contributed by atoms with E-state index in [1.165, 1.54) is 0 Å². The first-order valence-electron chi connectivity index (χ1n) is 3.80. The van der Waals surface area contributed by atoms with E-state index in [4.69, 9.17) is 5.73 Å².